The minimum Gasteiger partial charge on any atom is -0.485 e. The fourth-order valence-corrected chi connectivity index (χ4v) is 6.96. The fourth-order valence-electron chi connectivity index (χ4n) is 6.96. The van der Waals surface area contributed by atoms with Crippen molar-refractivity contribution in [1.82, 2.24) is 9.80 Å². The van der Waals surface area contributed by atoms with Crippen molar-refractivity contribution in [2.75, 3.05) is 49.9 Å². The summed E-state index contributed by atoms with van der Waals surface area (Å²) in [6.45, 7) is 15.4. The summed E-state index contributed by atoms with van der Waals surface area (Å²) in [5.41, 5.74) is 1.91. The third-order valence-electron chi connectivity index (χ3n) is 9.67. The van der Waals surface area contributed by atoms with Crippen molar-refractivity contribution < 1.29 is 27.8 Å². The average molecular weight is 693 g/mol. The van der Waals surface area contributed by atoms with Crippen molar-refractivity contribution in [2.45, 2.75) is 96.5 Å². The molecule has 0 bridgehead atoms. The molecular formula is C40H54F2N4O4. The molecule has 2 fully saturated rings. The van der Waals surface area contributed by atoms with Crippen LogP contribution in [-0.2, 0) is 11.3 Å². The largest absolute Gasteiger partial charge is 0.485 e. The molecule has 0 saturated carbocycles. The molecule has 0 aromatic heterocycles. The summed E-state index contributed by atoms with van der Waals surface area (Å²) in [6.07, 6.45) is 5.02. The van der Waals surface area contributed by atoms with Crippen LogP contribution in [0, 0.1) is 11.6 Å². The summed E-state index contributed by atoms with van der Waals surface area (Å²) in [5.74, 6) is 0.962. The first-order valence-corrected chi connectivity index (χ1v) is 18.2. The van der Waals surface area contributed by atoms with Gasteiger partial charge >= 0.3 is 6.09 Å². The van der Waals surface area contributed by atoms with Gasteiger partial charge in [0.2, 0.25) is 0 Å². The van der Waals surface area contributed by atoms with Crippen LogP contribution in [0.1, 0.15) is 78.7 Å². The van der Waals surface area contributed by atoms with Crippen molar-refractivity contribution in [3.63, 3.8) is 0 Å². The van der Waals surface area contributed by atoms with Crippen molar-refractivity contribution in [3.8, 4) is 11.5 Å². The number of hydrogen-bond acceptors (Lipinski definition) is 7. The maximum absolute atomic E-state index is 13.4. The third kappa shape index (κ3) is 9.80. The van der Waals surface area contributed by atoms with E-state index < -0.39 is 5.60 Å². The fraction of sp³-hybridized carbons (Fsp3) is 0.525. The van der Waals surface area contributed by atoms with Crippen LogP contribution in [0.5, 0.6) is 11.5 Å². The summed E-state index contributed by atoms with van der Waals surface area (Å²) in [7, 11) is 0. The number of nitrogens with one attached hydrogen (secondary N) is 2. The Bertz CT molecular complexity index is 1550. The highest BCUT2D eigenvalue weighted by atomic mass is 19.1. The number of piperidine rings is 2. The summed E-state index contributed by atoms with van der Waals surface area (Å²) >= 11 is 0. The molecule has 2 saturated heterocycles. The van der Waals surface area contributed by atoms with Gasteiger partial charge in [0.1, 0.15) is 39.9 Å². The van der Waals surface area contributed by atoms with Gasteiger partial charge < -0.3 is 29.7 Å². The molecule has 272 valence electrons. The molecule has 2 spiro atoms. The zero-order valence-corrected chi connectivity index (χ0v) is 30.3. The van der Waals surface area contributed by atoms with E-state index >= 15 is 0 Å². The van der Waals surface area contributed by atoms with E-state index in [9.17, 15) is 13.6 Å². The lowest BCUT2D eigenvalue weighted by molar-refractivity contribution is -0.0184. The highest BCUT2D eigenvalue weighted by Crippen LogP contribution is 2.40. The molecule has 4 aliphatic rings. The zero-order valence-electron chi connectivity index (χ0n) is 30.3. The van der Waals surface area contributed by atoms with Crippen LogP contribution in [0.15, 0.2) is 66.7 Å². The summed E-state index contributed by atoms with van der Waals surface area (Å²) in [4.78, 5) is 16.4. The number of rotatable bonds is 2. The summed E-state index contributed by atoms with van der Waals surface area (Å²) in [5, 5.41) is 6.54. The maximum Gasteiger partial charge on any atom is 0.410 e. The van der Waals surface area contributed by atoms with Crippen molar-refractivity contribution in [2.24, 2.45) is 0 Å². The molecule has 50 heavy (non-hydrogen) atoms. The molecule has 4 aliphatic heterocycles. The van der Waals surface area contributed by atoms with Crippen LogP contribution in [0.25, 0.3) is 0 Å². The number of amides is 1. The number of fused-ring (bicyclic) bond motifs is 2. The standard InChI is InChI=1S/C20H23FN2O.C18H25FN2O3.C2H6/c21-17-6-7-19-18(14-17)22-11-8-20(24-19)9-12-23(13-10-20)15-16-4-2-1-3-5-16;1-17(2,3)24-16(22)21-10-7-18(8-11-21)6-9-20-14-12-13(19)4-5-15(14)23-18;1-2/h1-7,14,22H,8-13,15H2;4-5,12,20H,6-11H2,1-3H3;1-2H3. The normalized spacial score (nSPS) is 19.1. The van der Waals surface area contributed by atoms with Crippen molar-refractivity contribution in [1.29, 1.82) is 0 Å². The van der Waals surface area contributed by atoms with Gasteiger partial charge in [-0.2, -0.15) is 0 Å². The molecule has 0 atom stereocenters. The van der Waals surface area contributed by atoms with Gasteiger partial charge in [-0.25, -0.2) is 13.6 Å². The van der Waals surface area contributed by atoms with Crippen molar-refractivity contribution in [3.05, 3.63) is 83.9 Å². The first-order valence-electron chi connectivity index (χ1n) is 18.2. The van der Waals surface area contributed by atoms with Gasteiger partial charge in [0, 0.05) is 83.6 Å². The molecule has 3 aromatic carbocycles. The summed E-state index contributed by atoms with van der Waals surface area (Å²) in [6, 6.07) is 19.9. The van der Waals surface area contributed by atoms with Crippen LogP contribution in [0.3, 0.4) is 0 Å². The van der Waals surface area contributed by atoms with E-state index in [-0.39, 0.29) is 28.9 Å². The van der Waals surface area contributed by atoms with E-state index in [2.05, 4.69) is 45.9 Å². The number of anilines is 2. The number of benzene rings is 3. The Balaban J connectivity index is 0.000000185. The lowest BCUT2D eigenvalue weighted by Crippen LogP contribution is -2.51. The molecule has 10 heteroatoms. The van der Waals surface area contributed by atoms with Gasteiger partial charge in [-0.05, 0) is 63.4 Å². The third-order valence-corrected chi connectivity index (χ3v) is 9.67. The molecule has 2 N–H and O–H groups in total. The summed E-state index contributed by atoms with van der Waals surface area (Å²) < 4.78 is 44.9. The van der Waals surface area contributed by atoms with Gasteiger partial charge in [0.25, 0.3) is 0 Å². The van der Waals surface area contributed by atoms with Crippen LogP contribution in [0.2, 0.25) is 0 Å². The van der Waals surface area contributed by atoms with Gasteiger partial charge in [-0.1, -0.05) is 44.2 Å². The Kier molecular flexibility index (Phi) is 12.1. The molecule has 0 aliphatic carbocycles. The Labute approximate surface area is 296 Å². The number of carbonyl (C=O) groups is 1. The molecule has 7 rings (SSSR count). The van der Waals surface area contributed by atoms with E-state index in [1.807, 2.05) is 34.6 Å². The molecule has 3 aromatic rings. The maximum atomic E-state index is 13.4. The topological polar surface area (TPSA) is 75.3 Å². The second-order valence-corrected chi connectivity index (χ2v) is 14.4. The average Bonchev–Trinajstić information content (AvgIpc) is 3.38. The van der Waals surface area contributed by atoms with E-state index in [1.54, 1.807) is 17.0 Å². The lowest BCUT2D eigenvalue weighted by Gasteiger charge is -2.41. The molecule has 8 nitrogen and oxygen atoms in total. The number of likely N-dealkylation sites (tertiary alicyclic amines) is 2. The number of hydrogen-bond donors (Lipinski definition) is 2. The Morgan fingerprint density at radius 3 is 1.70 bits per heavy atom. The van der Waals surface area contributed by atoms with E-state index in [4.69, 9.17) is 14.2 Å². The minimum absolute atomic E-state index is 0.122. The monoisotopic (exact) mass is 692 g/mol. The van der Waals surface area contributed by atoms with E-state index in [0.717, 1.165) is 82.7 Å². The Morgan fingerprint density at radius 2 is 1.22 bits per heavy atom. The number of ether oxygens (including phenoxy) is 3. The molecule has 0 radical (unpaired) electrons. The second kappa shape index (κ2) is 16.3. The van der Waals surface area contributed by atoms with E-state index in [0.29, 0.717) is 24.5 Å². The first kappa shape index (κ1) is 37.2. The van der Waals surface area contributed by atoms with Crippen LogP contribution < -0.4 is 20.1 Å². The quantitative estimate of drug-likeness (QED) is 0.278. The van der Waals surface area contributed by atoms with Gasteiger partial charge in [-0.15, -0.1) is 0 Å². The van der Waals surface area contributed by atoms with Crippen LogP contribution in [0.4, 0.5) is 25.0 Å². The molecule has 0 unspecified atom stereocenters. The predicted octanol–water partition coefficient (Wildman–Crippen LogP) is 8.87. The zero-order chi connectivity index (χ0) is 35.8. The van der Waals surface area contributed by atoms with E-state index in [1.165, 1.54) is 29.8 Å². The second-order valence-electron chi connectivity index (χ2n) is 14.4. The molecular weight excluding hydrogens is 638 g/mol. The Morgan fingerprint density at radius 1 is 0.740 bits per heavy atom. The number of nitrogens with zero attached hydrogens (tertiary/aromatic N) is 2. The molecule has 1 amide bonds. The number of halogens is 2. The van der Waals surface area contributed by atoms with Crippen molar-refractivity contribution >= 4 is 17.5 Å². The van der Waals surface area contributed by atoms with Gasteiger partial charge in [-0.3, -0.25) is 4.90 Å². The van der Waals surface area contributed by atoms with Crippen LogP contribution >= 0.6 is 0 Å². The van der Waals surface area contributed by atoms with Gasteiger partial charge in [0.15, 0.2) is 0 Å². The number of carbonyl (C=O) groups excluding carboxylic acids is 1. The molecule has 4 heterocycles. The van der Waals surface area contributed by atoms with Gasteiger partial charge in [0.05, 0.1) is 11.4 Å². The Hall–Kier alpha value is -4.05. The highest BCUT2D eigenvalue weighted by Gasteiger charge is 2.41. The smallest absolute Gasteiger partial charge is 0.410 e. The predicted molar refractivity (Wildman–Crippen MR) is 195 cm³/mol. The minimum atomic E-state index is -0.488. The lowest BCUT2D eigenvalue weighted by atomic mass is 9.87. The van der Waals surface area contributed by atoms with Crippen LogP contribution in [-0.4, -0.2) is 72.0 Å². The highest BCUT2D eigenvalue weighted by molar-refractivity contribution is 5.68. The SMILES string of the molecule is CC.CC(C)(C)OC(=O)N1CCC2(CCNc3cc(F)ccc3O2)CC1.Fc1ccc2c(c1)NCCC1(CCN(Cc3ccccc3)CC1)O2. The first-order chi connectivity index (χ1) is 24.0.